The Morgan fingerprint density at radius 3 is 2.37 bits per heavy atom. The molecule has 0 aromatic carbocycles. The van der Waals surface area contributed by atoms with Crippen molar-refractivity contribution in [3.63, 3.8) is 0 Å². The van der Waals surface area contributed by atoms with E-state index in [9.17, 15) is 9.59 Å². The largest absolute Gasteiger partial charge is 0.353 e. The Balaban J connectivity index is 1.58. The number of aliphatic imine (C=N–C) groups is 1. The Morgan fingerprint density at radius 1 is 0.967 bits per heavy atom. The topological polar surface area (TPSA) is 77.0 Å². The summed E-state index contributed by atoms with van der Waals surface area (Å²) in [6.07, 6.45) is 11.6. The number of amides is 2. The van der Waals surface area contributed by atoms with E-state index in [-0.39, 0.29) is 24.4 Å². The molecule has 7 nitrogen and oxygen atoms in total. The fourth-order valence-corrected chi connectivity index (χ4v) is 5.01. The van der Waals surface area contributed by atoms with Crippen molar-refractivity contribution in [3.05, 3.63) is 0 Å². The maximum Gasteiger partial charge on any atom is 0.243 e. The van der Waals surface area contributed by atoms with Gasteiger partial charge in [-0.2, -0.15) is 0 Å². The van der Waals surface area contributed by atoms with Gasteiger partial charge in [0.05, 0.1) is 0 Å². The Labute approximate surface area is 182 Å². The number of likely N-dealkylation sites (N-methyl/N-ethyl adjacent to an activating group) is 1. The summed E-state index contributed by atoms with van der Waals surface area (Å²) >= 11 is 0. The highest BCUT2D eigenvalue weighted by Crippen LogP contribution is 2.27. The molecule has 0 aromatic rings. The van der Waals surface area contributed by atoms with Crippen LogP contribution in [0.2, 0.25) is 0 Å². The lowest BCUT2D eigenvalue weighted by Gasteiger charge is -2.32. The zero-order valence-electron chi connectivity index (χ0n) is 19.2. The summed E-state index contributed by atoms with van der Waals surface area (Å²) < 4.78 is 0. The molecule has 0 bridgehead atoms. The SMILES string of the molecule is CC1CCCCC1NC(=NCC(=O)N(C)C)NC1CCN(C(=O)C2CCCCC2)C1. The van der Waals surface area contributed by atoms with E-state index < -0.39 is 0 Å². The van der Waals surface area contributed by atoms with Crippen LogP contribution >= 0.6 is 0 Å². The molecule has 3 fully saturated rings. The highest BCUT2D eigenvalue weighted by atomic mass is 16.2. The Bertz CT molecular complexity index is 615. The Morgan fingerprint density at radius 2 is 1.67 bits per heavy atom. The van der Waals surface area contributed by atoms with Gasteiger partial charge >= 0.3 is 0 Å². The molecule has 2 amide bonds. The number of guanidine groups is 1. The summed E-state index contributed by atoms with van der Waals surface area (Å²) in [7, 11) is 3.51. The van der Waals surface area contributed by atoms with E-state index in [2.05, 4.69) is 22.5 Å². The van der Waals surface area contributed by atoms with Gasteiger partial charge in [-0.1, -0.05) is 39.0 Å². The van der Waals surface area contributed by atoms with Gasteiger partial charge in [-0.15, -0.1) is 0 Å². The lowest BCUT2D eigenvalue weighted by Crippen LogP contribution is -2.51. The van der Waals surface area contributed by atoms with Crippen molar-refractivity contribution in [3.8, 4) is 0 Å². The van der Waals surface area contributed by atoms with Crippen molar-refractivity contribution in [1.82, 2.24) is 20.4 Å². The van der Waals surface area contributed by atoms with Crippen LogP contribution in [-0.4, -0.2) is 73.4 Å². The molecule has 1 heterocycles. The molecular formula is C23H41N5O2. The highest BCUT2D eigenvalue weighted by molar-refractivity contribution is 5.85. The number of hydrogen-bond donors (Lipinski definition) is 2. The van der Waals surface area contributed by atoms with Gasteiger partial charge in [-0.3, -0.25) is 9.59 Å². The molecule has 3 unspecified atom stereocenters. The van der Waals surface area contributed by atoms with E-state index >= 15 is 0 Å². The Kier molecular flexibility index (Phi) is 8.40. The van der Waals surface area contributed by atoms with Crippen molar-refractivity contribution in [1.29, 1.82) is 0 Å². The van der Waals surface area contributed by atoms with Gasteiger partial charge in [-0.05, 0) is 38.0 Å². The first-order valence-corrected chi connectivity index (χ1v) is 12.0. The quantitative estimate of drug-likeness (QED) is 0.530. The predicted molar refractivity (Wildman–Crippen MR) is 120 cm³/mol. The summed E-state index contributed by atoms with van der Waals surface area (Å²) in [6.45, 7) is 3.98. The predicted octanol–water partition coefficient (Wildman–Crippen LogP) is 2.37. The molecule has 2 aliphatic carbocycles. The number of hydrogen-bond acceptors (Lipinski definition) is 3. The van der Waals surface area contributed by atoms with Gasteiger partial charge in [0.15, 0.2) is 5.96 Å². The number of rotatable bonds is 5. The van der Waals surface area contributed by atoms with Crippen LogP contribution in [0.3, 0.4) is 0 Å². The average Bonchev–Trinajstić information content (AvgIpc) is 3.21. The van der Waals surface area contributed by atoms with E-state index in [0.29, 0.717) is 17.9 Å². The highest BCUT2D eigenvalue weighted by Gasteiger charge is 2.32. The van der Waals surface area contributed by atoms with Crippen molar-refractivity contribution in [2.45, 2.75) is 83.2 Å². The minimum absolute atomic E-state index is 0.00619. The second-order valence-corrected chi connectivity index (χ2v) is 9.71. The summed E-state index contributed by atoms with van der Waals surface area (Å²) in [5.74, 6) is 1.89. The molecule has 0 spiro atoms. The van der Waals surface area contributed by atoms with E-state index in [1.165, 1.54) is 38.5 Å². The van der Waals surface area contributed by atoms with Gasteiger partial charge in [0.25, 0.3) is 0 Å². The fraction of sp³-hybridized carbons (Fsp3) is 0.870. The summed E-state index contributed by atoms with van der Waals surface area (Å²) in [6, 6.07) is 0.581. The lowest BCUT2D eigenvalue weighted by molar-refractivity contribution is -0.135. The number of carbonyl (C=O) groups is 2. The molecule has 170 valence electrons. The van der Waals surface area contributed by atoms with Crippen LogP contribution in [-0.2, 0) is 9.59 Å². The Hall–Kier alpha value is -1.79. The normalized spacial score (nSPS) is 28.3. The molecule has 2 saturated carbocycles. The van der Waals surface area contributed by atoms with Crippen LogP contribution < -0.4 is 10.6 Å². The second-order valence-electron chi connectivity index (χ2n) is 9.71. The van der Waals surface area contributed by atoms with E-state index in [4.69, 9.17) is 0 Å². The van der Waals surface area contributed by atoms with E-state index in [0.717, 1.165) is 44.7 Å². The molecule has 0 radical (unpaired) electrons. The monoisotopic (exact) mass is 419 g/mol. The summed E-state index contributed by atoms with van der Waals surface area (Å²) in [5.41, 5.74) is 0. The lowest BCUT2D eigenvalue weighted by atomic mass is 9.86. The maximum absolute atomic E-state index is 12.9. The molecule has 3 rings (SSSR count). The van der Waals surface area contributed by atoms with Crippen molar-refractivity contribution < 1.29 is 9.59 Å². The average molecular weight is 420 g/mol. The van der Waals surface area contributed by atoms with Crippen LogP contribution in [0, 0.1) is 11.8 Å². The van der Waals surface area contributed by atoms with Gasteiger partial charge < -0.3 is 20.4 Å². The van der Waals surface area contributed by atoms with Gasteiger partial charge in [0.1, 0.15) is 6.54 Å². The van der Waals surface area contributed by atoms with Crippen LogP contribution in [0.25, 0.3) is 0 Å². The first kappa shape index (κ1) is 22.9. The third-order valence-electron chi connectivity index (χ3n) is 7.10. The standard InChI is InChI=1S/C23H41N5O2/c1-17-9-7-8-12-20(17)26-23(24-15-21(29)27(2)3)25-19-13-14-28(16-19)22(30)18-10-5-4-6-11-18/h17-20H,4-16H2,1-3H3,(H2,24,25,26). The number of carbonyl (C=O) groups excluding carboxylic acids is 2. The molecule has 3 aliphatic rings. The maximum atomic E-state index is 12.9. The summed E-state index contributed by atoms with van der Waals surface area (Å²) in [4.78, 5) is 33.2. The van der Waals surface area contributed by atoms with Crippen LogP contribution in [0.5, 0.6) is 0 Å². The summed E-state index contributed by atoms with van der Waals surface area (Å²) in [5, 5.41) is 7.14. The number of likely N-dealkylation sites (tertiary alicyclic amines) is 1. The van der Waals surface area contributed by atoms with E-state index in [1.54, 1.807) is 19.0 Å². The van der Waals surface area contributed by atoms with Gasteiger partial charge in [0.2, 0.25) is 11.8 Å². The number of nitrogens with one attached hydrogen (secondary N) is 2. The molecule has 1 saturated heterocycles. The number of nitrogens with zero attached hydrogens (tertiary/aromatic N) is 3. The van der Waals surface area contributed by atoms with E-state index in [1.807, 2.05) is 4.90 Å². The van der Waals surface area contributed by atoms with Crippen LogP contribution in [0.4, 0.5) is 0 Å². The van der Waals surface area contributed by atoms with Crippen LogP contribution in [0.1, 0.15) is 71.1 Å². The van der Waals surface area contributed by atoms with Crippen molar-refractivity contribution >= 4 is 17.8 Å². The first-order valence-electron chi connectivity index (χ1n) is 12.0. The molecule has 30 heavy (non-hydrogen) atoms. The van der Waals surface area contributed by atoms with Crippen molar-refractivity contribution in [2.75, 3.05) is 33.7 Å². The molecule has 7 heteroatoms. The third kappa shape index (κ3) is 6.35. The molecular weight excluding hydrogens is 378 g/mol. The van der Waals surface area contributed by atoms with Gasteiger partial charge in [-0.25, -0.2) is 4.99 Å². The van der Waals surface area contributed by atoms with Gasteiger partial charge in [0, 0.05) is 45.2 Å². The molecule has 2 N–H and O–H groups in total. The smallest absolute Gasteiger partial charge is 0.243 e. The zero-order chi connectivity index (χ0) is 21.5. The van der Waals surface area contributed by atoms with Crippen LogP contribution in [0.15, 0.2) is 4.99 Å². The minimum atomic E-state index is -0.00619. The molecule has 1 aliphatic heterocycles. The minimum Gasteiger partial charge on any atom is -0.353 e. The second kappa shape index (κ2) is 11.0. The molecule has 0 aromatic heterocycles. The fourth-order valence-electron chi connectivity index (χ4n) is 5.01. The first-order chi connectivity index (χ1) is 14.4. The van der Waals surface area contributed by atoms with Crippen molar-refractivity contribution in [2.24, 2.45) is 16.8 Å². The molecule has 3 atom stereocenters. The zero-order valence-corrected chi connectivity index (χ0v) is 19.2. The third-order valence-corrected chi connectivity index (χ3v) is 7.10.